The molecule has 0 aliphatic heterocycles. The molecule has 0 spiro atoms. The lowest BCUT2D eigenvalue weighted by Crippen LogP contribution is -2.40. The van der Waals surface area contributed by atoms with Crippen LogP contribution in [0.1, 0.15) is 29.5 Å². The van der Waals surface area contributed by atoms with E-state index in [2.05, 4.69) is 150 Å². The third-order valence-corrected chi connectivity index (χ3v) is 8.44. The molecule has 1 nitrogen and oxygen atoms in total. The average Bonchev–Trinajstić information content (AvgIpc) is 3.04. The van der Waals surface area contributed by atoms with Gasteiger partial charge in [0.1, 0.15) is 0 Å². The van der Waals surface area contributed by atoms with E-state index in [1.807, 2.05) is 0 Å². The minimum atomic E-state index is 0.814. The Morgan fingerprint density at radius 1 is 0.439 bits per heavy atom. The summed E-state index contributed by atoms with van der Waals surface area (Å²) in [6.45, 7) is 0.814. The average molecular weight is 529 g/mol. The van der Waals surface area contributed by atoms with E-state index < -0.39 is 0 Å². The molecule has 1 heteroatoms. The van der Waals surface area contributed by atoms with Crippen LogP contribution in [0, 0.1) is 0 Å². The first-order valence-electron chi connectivity index (χ1n) is 14.8. The fourth-order valence-corrected chi connectivity index (χ4v) is 6.40. The highest BCUT2D eigenvalue weighted by Gasteiger charge is 2.25. The van der Waals surface area contributed by atoms with E-state index in [0.717, 1.165) is 19.4 Å². The van der Waals surface area contributed by atoms with Crippen LogP contribution >= 0.6 is 0 Å². The van der Waals surface area contributed by atoms with Gasteiger partial charge in [0.15, 0.2) is 6.54 Å². The molecule has 0 saturated heterocycles. The molecule has 0 saturated carbocycles. The second-order valence-corrected chi connectivity index (χ2v) is 11.0. The zero-order valence-electron chi connectivity index (χ0n) is 23.3. The zero-order valence-corrected chi connectivity index (χ0v) is 23.3. The summed E-state index contributed by atoms with van der Waals surface area (Å²) in [6, 6.07) is 53.2. The molecule has 1 aliphatic rings. The highest BCUT2D eigenvalue weighted by Crippen LogP contribution is 2.35. The Labute approximate surface area is 243 Å². The lowest BCUT2D eigenvalue weighted by Gasteiger charge is -2.20. The normalized spacial score (nSPS) is 12.6. The van der Waals surface area contributed by atoms with E-state index >= 15 is 0 Å². The number of hydrogen-bond acceptors (Lipinski definition) is 0. The topological polar surface area (TPSA) is 3.88 Å². The molecule has 1 aliphatic carbocycles. The summed E-state index contributed by atoms with van der Waals surface area (Å²) in [5.74, 6) is 0. The third-order valence-electron chi connectivity index (χ3n) is 8.44. The molecule has 1 heterocycles. The Balaban J connectivity index is 1.46. The van der Waals surface area contributed by atoms with Crippen LogP contribution in [0.5, 0.6) is 0 Å². The summed E-state index contributed by atoms with van der Waals surface area (Å²) in [4.78, 5) is 0. The van der Waals surface area contributed by atoms with Gasteiger partial charge in [0.05, 0.1) is 0 Å². The Kier molecular flexibility index (Phi) is 7.01. The molecule has 0 unspecified atom stereocenters. The van der Waals surface area contributed by atoms with Crippen molar-refractivity contribution in [2.75, 3.05) is 0 Å². The summed E-state index contributed by atoms with van der Waals surface area (Å²) >= 11 is 0. The molecule has 1 aromatic heterocycles. The standard InChI is InChI=1S/C40H34N/c1-4-15-30(16-5-1)35-27-39(32-19-6-2-7-20-32)41(40(28-35)33-21-8-3-9-22-33)29-34-23-14-26-38-36-24-12-10-17-31(36)18-11-13-25-37(34)38/h1-10,12,14-17,19-24,26-28H,11,13,18,25,29H2/q+1. The largest absolute Gasteiger partial charge is 0.213 e. The lowest BCUT2D eigenvalue weighted by atomic mass is 9.85. The molecule has 198 valence electrons. The second-order valence-electron chi connectivity index (χ2n) is 11.0. The highest BCUT2D eigenvalue weighted by atomic mass is 15.0. The van der Waals surface area contributed by atoms with Gasteiger partial charge < -0.3 is 0 Å². The molecule has 6 aromatic rings. The molecule has 5 aromatic carbocycles. The minimum absolute atomic E-state index is 0.814. The van der Waals surface area contributed by atoms with Crippen molar-refractivity contribution in [3.63, 3.8) is 0 Å². The molecular formula is C40H34N+. The maximum Gasteiger partial charge on any atom is 0.213 e. The van der Waals surface area contributed by atoms with Crippen molar-refractivity contribution >= 4 is 0 Å². The van der Waals surface area contributed by atoms with Crippen molar-refractivity contribution in [1.29, 1.82) is 0 Å². The minimum Gasteiger partial charge on any atom is -0.187 e. The van der Waals surface area contributed by atoms with Gasteiger partial charge in [-0.1, -0.05) is 109 Å². The van der Waals surface area contributed by atoms with Crippen LogP contribution in [0.2, 0.25) is 0 Å². The maximum absolute atomic E-state index is 2.54. The van der Waals surface area contributed by atoms with E-state index in [1.165, 1.54) is 74.3 Å². The van der Waals surface area contributed by atoms with Crippen molar-refractivity contribution in [1.82, 2.24) is 0 Å². The van der Waals surface area contributed by atoms with Crippen molar-refractivity contribution in [3.05, 3.63) is 162 Å². The van der Waals surface area contributed by atoms with Crippen molar-refractivity contribution in [2.45, 2.75) is 32.2 Å². The van der Waals surface area contributed by atoms with Gasteiger partial charge in [0.25, 0.3) is 0 Å². The lowest BCUT2D eigenvalue weighted by molar-refractivity contribution is -0.666. The summed E-state index contributed by atoms with van der Waals surface area (Å²) in [5.41, 5.74) is 14.6. The molecule has 41 heavy (non-hydrogen) atoms. The molecule has 0 bridgehead atoms. The van der Waals surface area contributed by atoms with Gasteiger partial charge in [-0.25, -0.2) is 0 Å². The molecule has 0 N–H and O–H groups in total. The van der Waals surface area contributed by atoms with E-state index in [9.17, 15) is 0 Å². The van der Waals surface area contributed by atoms with Crippen LogP contribution in [-0.2, 0) is 19.4 Å². The molecular weight excluding hydrogens is 494 g/mol. The quantitative estimate of drug-likeness (QED) is 0.196. The molecule has 0 radical (unpaired) electrons. The Bertz CT molecular complexity index is 1730. The number of aromatic nitrogens is 1. The molecule has 7 rings (SSSR count). The molecule has 0 atom stereocenters. The Morgan fingerprint density at radius 2 is 0.976 bits per heavy atom. The number of rotatable bonds is 5. The fraction of sp³-hybridized carbons (Fsp3) is 0.125. The van der Waals surface area contributed by atoms with Gasteiger partial charge >= 0.3 is 0 Å². The number of aryl methyl sites for hydroxylation is 1. The fourth-order valence-electron chi connectivity index (χ4n) is 6.40. The predicted octanol–water partition coefficient (Wildman–Crippen LogP) is 9.57. The molecule has 0 amide bonds. The second kappa shape index (κ2) is 11.4. The first-order chi connectivity index (χ1) is 20.3. The van der Waals surface area contributed by atoms with Gasteiger partial charge in [-0.2, -0.15) is 4.57 Å². The highest BCUT2D eigenvalue weighted by molar-refractivity contribution is 5.75. The van der Waals surface area contributed by atoms with E-state index in [1.54, 1.807) is 0 Å². The number of hydrogen-bond donors (Lipinski definition) is 0. The Hall–Kier alpha value is -4.75. The smallest absolute Gasteiger partial charge is 0.187 e. The first kappa shape index (κ1) is 25.2. The zero-order chi connectivity index (χ0) is 27.4. The van der Waals surface area contributed by atoms with Gasteiger partial charge in [-0.15, -0.1) is 0 Å². The Morgan fingerprint density at radius 3 is 1.63 bits per heavy atom. The number of pyridine rings is 1. The van der Waals surface area contributed by atoms with E-state index in [4.69, 9.17) is 0 Å². The van der Waals surface area contributed by atoms with E-state index in [0.29, 0.717) is 0 Å². The van der Waals surface area contributed by atoms with Crippen LogP contribution < -0.4 is 4.57 Å². The summed E-state index contributed by atoms with van der Waals surface area (Å²) in [5, 5.41) is 0. The summed E-state index contributed by atoms with van der Waals surface area (Å²) in [7, 11) is 0. The maximum atomic E-state index is 2.54. The van der Waals surface area contributed by atoms with Crippen molar-refractivity contribution < 1.29 is 4.57 Å². The first-order valence-corrected chi connectivity index (χ1v) is 14.8. The number of benzene rings is 5. The van der Waals surface area contributed by atoms with Gasteiger partial charge in [-0.05, 0) is 83.3 Å². The summed E-state index contributed by atoms with van der Waals surface area (Å²) in [6.07, 6.45) is 4.72. The molecule has 0 fully saturated rings. The third kappa shape index (κ3) is 5.12. The van der Waals surface area contributed by atoms with E-state index in [-0.39, 0.29) is 0 Å². The predicted molar refractivity (Wildman–Crippen MR) is 171 cm³/mol. The number of nitrogens with zero attached hydrogens (tertiary/aromatic N) is 1. The number of fused-ring (bicyclic) bond motifs is 3. The SMILES string of the molecule is c1ccc(-c2cc(-c3ccccc3)[n+](Cc3cccc4c3CCCCc3ccccc3-4)c(-c3ccccc3)c2)cc1. The van der Waals surface area contributed by atoms with Crippen molar-refractivity contribution in [3.8, 4) is 44.8 Å². The van der Waals surface area contributed by atoms with Gasteiger partial charge in [0, 0.05) is 28.8 Å². The van der Waals surface area contributed by atoms with Crippen LogP contribution in [0.4, 0.5) is 0 Å². The van der Waals surface area contributed by atoms with Crippen molar-refractivity contribution in [2.24, 2.45) is 0 Å². The van der Waals surface area contributed by atoms with Crippen LogP contribution in [0.3, 0.4) is 0 Å². The van der Waals surface area contributed by atoms with Gasteiger partial charge in [-0.3, -0.25) is 0 Å². The van der Waals surface area contributed by atoms with Gasteiger partial charge in [0.2, 0.25) is 11.4 Å². The van der Waals surface area contributed by atoms with Crippen LogP contribution in [0.15, 0.2) is 146 Å². The van der Waals surface area contributed by atoms with Crippen LogP contribution in [0.25, 0.3) is 44.8 Å². The monoisotopic (exact) mass is 528 g/mol. The summed E-state index contributed by atoms with van der Waals surface area (Å²) < 4.78 is 2.54. The van der Waals surface area contributed by atoms with Crippen LogP contribution in [-0.4, -0.2) is 0 Å².